The van der Waals surface area contributed by atoms with Crippen LogP contribution in [0.1, 0.15) is 30.8 Å². The summed E-state index contributed by atoms with van der Waals surface area (Å²) in [6, 6.07) is 11.6. The van der Waals surface area contributed by atoms with Gasteiger partial charge in [-0.15, -0.1) is 0 Å². The van der Waals surface area contributed by atoms with Crippen molar-refractivity contribution < 1.29 is 4.42 Å². The molecule has 1 atom stereocenters. The predicted octanol–water partition coefficient (Wildman–Crippen LogP) is 3.09. The lowest BCUT2D eigenvalue weighted by molar-refractivity contribution is 0.492. The molecule has 0 saturated heterocycles. The molecule has 4 nitrogen and oxygen atoms in total. The van der Waals surface area contributed by atoms with Crippen molar-refractivity contribution in [1.82, 2.24) is 9.78 Å². The van der Waals surface area contributed by atoms with Gasteiger partial charge in [-0.25, -0.2) is 0 Å². The highest BCUT2D eigenvalue weighted by Crippen LogP contribution is 2.26. The van der Waals surface area contributed by atoms with Gasteiger partial charge in [0.05, 0.1) is 5.69 Å². The van der Waals surface area contributed by atoms with Gasteiger partial charge in [0, 0.05) is 18.1 Å². The first-order valence-electron chi connectivity index (χ1n) is 6.55. The summed E-state index contributed by atoms with van der Waals surface area (Å²) in [6.07, 6.45) is 2.81. The Morgan fingerprint density at radius 1 is 1.32 bits per heavy atom. The summed E-state index contributed by atoms with van der Waals surface area (Å²) in [5.41, 5.74) is 8.16. The number of fused-ring (bicyclic) bond motifs is 1. The summed E-state index contributed by atoms with van der Waals surface area (Å²) < 4.78 is 7.76. The summed E-state index contributed by atoms with van der Waals surface area (Å²) in [5, 5.41) is 5.38. The molecule has 0 radical (unpaired) electrons. The average Bonchev–Trinajstić information content (AvgIpc) is 3.04. The molecule has 0 aliphatic heterocycles. The minimum atomic E-state index is -0.276. The van der Waals surface area contributed by atoms with Gasteiger partial charge >= 0.3 is 0 Å². The Balaban J connectivity index is 1.98. The van der Waals surface area contributed by atoms with E-state index in [9.17, 15) is 0 Å². The minimum Gasteiger partial charge on any atom is -0.459 e. The van der Waals surface area contributed by atoms with Crippen molar-refractivity contribution in [3.05, 3.63) is 54.0 Å². The average molecular weight is 255 g/mol. The van der Waals surface area contributed by atoms with Crippen molar-refractivity contribution in [2.75, 3.05) is 0 Å². The highest BCUT2D eigenvalue weighted by Gasteiger charge is 2.17. The van der Waals surface area contributed by atoms with Crippen LogP contribution in [0.2, 0.25) is 0 Å². The maximum absolute atomic E-state index is 6.30. The maximum Gasteiger partial charge on any atom is 0.134 e. The molecule has 2 aromatic heterocycles. The fourth-order valence-electron chi connectivity index (χ4n) is 2.31. The van der Waals surface area contributed by atoms with Crippen LogP contribution in [-0.4, -0.2) is 9.78 Å². The van der Waals surface area contributed by atoms with E-state index in [1.165, 1.54) is 0 Å². The summed E-state index contributed by atoms with van der Waals surface area (Å²) >= 11 is 0. The van der Waals surface area contributed by atoms with E-state index in [2.05, 4.69) is 12.0 Å². The Morgan fingerprint density at radius 2 is 2.16 bits per heavy atom. The molecule has 3 rings (SSSR count). The molecule has 2 heterocycles. The molecule has 3 aromatic rings. The van der Waals surface area contributed by atoms with Crippen molar-refractivity contribution in [3.63, 3.8) is 0 Å². The lowest BCUT2D eigenvalue weighted by atomic mass is 10.1. The monoisotopic (exact) mass is 255 g/mol. The van der Waals surface area contributed by atoms with Gasteiger partial charge in [-0.1, -0.05) is 25.1 Å². The molecule has 0 amide bonds. The molecule has 0 aliphatic carbocycles. The van der Waals surface area contributed by atoms with E-state index in [0.29, 0.717) is 0 Å². The van der Waals surface area contributed by atoms with Crippen LogP contribution >= 0.6 is 0 Å². The second-order valence-electron chi connectivity index (χ2n) is 4.64. The van der Waals surface area contributed by atoms with E-state index in [0.717, 1.165) is 35.4 Å². The van der Waals surface area contributed by atoms with Gasteiger partial charge in [0.1, 0.15) is 17.4 Å². The van der Waals surface area contributed by atoms with Crippen LogP contribution in [-0.2, 0) is 6.54 Å². The van der Waals surface area contributed by atoms with E-state index in [1.807, 2.05) is 41.1 Å². The molecule has 0 fully saturated rings. The number of hydrogen-bond donors (Lipinski definition) is 1. The first-order chi connectivity index (χ1) is 9.29. The first kappa shape index (κ1) is 12.0. The van der Waals surface area contributed by atoms with Crippen LogP contribution < -0.4 is 5.73 Å². The summed E-state index contributed by atoms with van der Waals surface area (Å²) in [7, 11) is 0. The standard InChI is InChI=1S/C15H17N3O/c1-2-9-18-12(7-8-17-18)15(16)14-10-11-5-3-4-6-13(11)19-14/h3-8,10,15H,2,9,16H2,1H3. The van der Waals surface area contributed by atoms with Gasteiger partial charge in [0.2, 0.25) is 0 Å². The lowest BCUT2D eigenvalue weighted by Gasteiger charge is -2.11. The second-order valence-corrected chi connectivity index (χ2v) is 4.64. The van der Waals surface area contributed by atoms with Gasteiger partial charge in [0.15, 0.2) is 0 Å². The molecular weight excluding hydrogens is 238 g/mol. The number of hydrogen-bond acceptors (Lipinski definition) is 3. The largest absolute Gasteiger partial charge is 0.459 e. The molecule has 1 unspecified atom stereocenters. The SMILES string of the molecule is CCCn1nccc1C(N)c1cc2ccccc2o1. The molecule has 0 aliphatic rings. The second kappa shape index (κ2) is 4.90. The molecule has 2 N–H and O–H groups in total. The van der Waals surface area contributed by atoms with Crippen molar-refractivity contribution in [2.24, 2.45) is 5.73 Å². The molecule has 1 aromatic carbocycles. The van der Waals surface area contributed by atoms with Crippen molar-refractivity contribution in [1.29, 1.82) is 0 Å². The van der Waals surface area contributed by atoms with Gasteiger partial charge < -0.3 is 10.2 Å². The topological polar surface area (TPSA) is 57.0 Å². The third-order valence-electron chi connectivity index (χ3n) is 3.25. The van der Waals surface area contributed by atoms with Gasteiger partial charge in [-0.2, -0.15) is 5.10 Å². The first-order valence-corrected chi connectivity index (χ1v) is 6.55. The molecule has 98 valence electrons. The van der Waals surface area contributed by atoms with E-state index >= 15 is 0 Å². The summed E-state index contributed by atoms with van der Waals surface area (Å²) in [4.78, 5) is 0. The minimum absolute atomic E-state index is 0.276. The molecule has 0 saturated carbocycles. The van der Waals surface area contributed by atoms with Gasteiger partial charge in [-0.05, 0) is 24.6 Å². The number of nitrogens with two attached hydrogens (primary N) is 1. The highest BCUT2D eigenvalue weighted by atomic mass is 16.3. The molecular formula is C15H17N3O. The maximum atomic E-state index is 6.30. The Hall–Kier alpha value is -2.07. The third kappa shape index (κ3) is 2.15. The van der Waals surface area contributed by atoms with Gasteiger partial charge in [-0.3, -0.25) is 4.68 Å². The van der Waals surface area contributed by atoms with Crippen molar-refractivity contribution in [3.8, 4) is 0 Å². The van der Waals surface area contributed by atoms with E-state index in [-0.39, 0.29) is 6.04 Å². The smallest absolute Gasteiger partial charge is 0.134 e. The van der Waals surface area contributed by atoms with Crippen LogP contribution in [0, 0.1) is 0 Å². The number of rotatable bonds is 4. The van der Waals surface area contributed by atoms with Crippen LogP contribution in [0.25, 0.3) is 11.0 Å². The predicted molar refractivity (Wildman–Crippen MR) is 74.8 cm³/mol. The number of aromatic nitrogens is 2. The van der Waals surface area contributed by atoms with E-state index < -0.39 is 0 Å². The molecule has 19 heavy (non-hydrogen) atoms. The van der Waals surface area contributed by atoms with E-state index in [4.69, 9.17) is 10.2 Å². The van der Waals surface area contributed by atoms with Crippen LogP contribution in [0.3, 0.4) is 0 Å². The van der Waals surface area contributed by atoms with Crippen LogP contribution in [0.5, 0.6) is 0 Å². The zero-order chi connectivity index (χ0) is 13.2. The quantitative estimate of drug-likeness (QED) is 0.779. The van der Waals surface area contributed by atoms with Crippen LogP contribution in [0.15, 0.2) is 47.0 Å². The number of nitrogens with zero attached hydrogens (tertiary/aromatic N) is 2. The molecule has 0 bridgehead atoms. The fraction of sp³-hybridized carbons (Fsp3) is 0.267. The Labute approximate surface area is 111 Å². The fourth-order valence-corrected chi connectivity index (χ4v) is 2.31. The zero-order valence-electron chi connectivity index (χ0n) is 10.9. The normalized spacial score (nSPS) is 12.9. The Morgan fingerprint density at radius 3 is 2.95 bits per heavy atom. The number of benzene rings is 1. The van der Waals surface area contributed by atoms with Crippen molar-refractivity contribution >= 4 is 11.0 Å². The number of aryl methyl sites for hydroxylation is 1. The Kier molecular flexibility index (Phi) is 3.09. The highest BCUT2D eigenvalue weighted by molar-refractivity contribution is 5.77. The van der Waals surface area contributed by atoms with Crippen LogP contribution in [0.4, 0.5) is 0 Å². The number of furan rings is 1. The van der Waals surface area contributed by atoms with E-state index in [1.54, 1.807) is 6.20 Å². The summed E-state index contributed by atoms with van der Waals surface area (Å²) in [5.74, 6) is 0.777. The Bertz CT molecular complexity index is 650. The molecule has 0 spiro atoms. The lowest BCUT2D eigenvalue weighted by Crippen LogP contribution is -2.17. The van der Waals surface area contributed by atoms with Crippen molar-refractivity contribution in [2.45, 2.75) is 25.9 Å². The molecule has 4 heteroatoms. The van der Waals surface area contributed by atoms with Gasteiger partial charge in [0.25, 0.3) is 0 Å². The summed E-state index contributed by atoms with van der Waals surface area (Å²) in [6.45, 7) is 2.99. The third-order valence-corrected chi connectivity index (χ3v) is 3.25. The zero-order valence-corrected chi connectivity index (χ0v) is 10.9. The number of para-hydroxylation sites is 1.